The van der Waals surface area contributed by atoms with Crippen LogP contribution >= 0.6 is 22.7 Å². The molecule has 5 rings (SSSR count). The topological polar surface area (TPSA) is 84.0 Å². The van der Waals surface area contributed by atoms with Gasteiger partial charge >= 0.3 is 0 Å². The molecule has 0 saturated carbocycles. The first kappa shape index (κ1) is 22.1. The largest absolute Gasteiger partial charge is 0.351 e. The van der Waals surface area contributed by atoms with Crippen molar-refractivity contribution in [2.45, 2.75) is 25.7 Å². The molecule has 33 heavy (non-hydrogen) atoms. The Bertz CT molecular complexity index is 1250. The number of nitrogens with one attached hydrogen (secondary N) is 2. The molecule has 2 N–H and O–H groups in total. The van der Waals surface area contributed by atoms with E-state index in [0.717, 1.165) is 69.5 Å². The lowest BCUT2D eigenvalue weighted by Gasteiger charge is -2.31. The Morgan fingerprint density at radius 1 is 1.15 bits per heavy atom. The number of piperidine rings is 1. The number of ketones is 1. The molecule has 6 nitrogen and oxygen atoms in total. The van der Waals surface area contributed by atoms with Crippen molar-refractivity contribution in [1.82, 2.24) is 20.6 Å². The number of pyridine rings is 1. The van der Waals surface area contributed by atoms with Gasteiger partial charge in [0, 0.05) is 37.0 Å². The SMILES string of the molecule is O=C(NCCCCC1CCNCC1C(=O)c1ccc2ncsc2c1)c1cc2ccncc2s1. The molecule has 1 aliphatic heterocycles. The van der Waals surface area contributed by atoms with Crippen molar-refractivity contribution in [3.05, 3.63) is 58.7 Å². The van der Waals surface area contributed by atoms with Gasteiger partial charge in [0.25, 0.3) is 5.91 Å². The average Bonchev–Trinajstić information content (AvgIpc) is 3.50. The number of hydrogen-bond acceptors (Lipinski definition) is 7. The first-order chi connectivity index (χ1) is 16.2. The van der Waals surface area contributed by atoms with E-state index in [4.69, 9.17) is 0 Å². The lowest BCUT2D eigenvalue weighted by molar-refractivity contribution is 0.0832. The molecule has 1 saturated heterocycles. The number of benzene rings is 1. The van der Waals surface area contributed by atoms with Crippen LogP contribution in [0.2, 0.25) is 0 Å². The van der Waals surface area contributed by atoms with Crippen LogP contribution in [0.5, 0.6) is 0 Å². The second-order valence-electron chi connectivity index (χ2n) is 8.53. The van der Waals surface area contributed by atoms with E-state index in [9.17, 15) is 9.59 Å². The van der Waals surface area contributed by atoms with Gasteiger partial charge in [-0.3, -0.25) is 14.6 Å². The highest BCUT2D eigenvalue weighted by Gasteiger charge is 2.31. The summed E-state index contributed by atoms with van der Waals surface area (Å²) < 4.78 is 2.09. The van der Waals surface area contributed by atoms with Crippen LogP contribution in [0, 0.1) is 11.8 Å². The average molecular weight is 479 g/mol. The zero-order valence-corrected chi connectivity index (χ0v) is 19.9. The van der Waals surface area contributed by atoms with Crippen molar-refractivity contribution in [3.63, 3.8) is 0 Å². The fourth-order valence-corrected chi connectivity index (χ4v) is 6.27. The Hall–Kier alpha value is -2.68. The standard InChI is InChI=1S/C25H26N4O2S2/c30-24(18-4-5-20-21(12-18)32-15-29-20)19-13-26-9-6-16(19)3-1-2-8-28-25(31)22-11-17-7-10-27-14-23(17)33-22/h4-5,7,10-12,14-16,19,26H,1-3,6,8-9,13H2,(H,28,31). The van der Waals surface area contributed by atoms with Gasteiger partial charge in [-0.1, -0.05) is 6.42 Å². The molecule has 4 heterocycles. The molecule has 2 unspecified atom stereocenters. The fraction of sp³-hybridized carbons (Fsp3) is 0.360. The van der Waals surface area contributed by atoms with Crippen LogP contribution < -0.4 is 10.6 Å². The summed E-state index contributed by atoms with van der Waals surface area (Å²) in [5, 5.41) is 7.49. The first-order valence-corrected chi connectivity index (χ1v) is 13.1. The molecule has 1 fully saturated rings. The lowest BCUT2D eigenvalue weighted by atomic mass is 9.78. The van der Waals surface area contributed by atoms with Crippen LogP contribution in [0.3, 0.4) is 0 Å². The highest BCUT2D eigenvalue weighted by molar-refractivity contribution is 7.20. The number of nitrogens with zero attached hydrogens (tertiary/aromatic N) is 2. The minimum atomic E-state index is -0.0235. The van der Waals surface area contributed by atoms with Gasteiger partial charge < -0.3 is 10.6 Å². The third kappa shape index (κ3) is 4.98. The molecule has 0 bridgehead atoms. The molecule has 1 aliphatic rings. The number of Topliss-reactive ketones (excluding diaryl/α,β-unsaturated/α-hetero) is 1. The van der Waals surface area contributed by atoms with Crippen LogP contribution in [0.15, 0.2) is 48.2 Å². The molecule has 1 aromatic carbocycles. The third-order valence-corrected chi connectivity index (χ3v) is 8.29. The van der Waals surface area contributed by atoms with Crippen LogP contribution in [0.25, 0.3) is 20.3 Å². The minimum Gasteiger partial charge on any atom is -0.351 e. The summed E-state index contributed by atoms with van der Waals surface area (Å²) in [6, 6.07) is 9.69. The maximum absolute atomic E-state index is 13.3. The fourth-order valence-electron chi connectivity index (χ4n) is 4.60. The summed E-state index contributed by atoms with van der Waals surface area (Å²) in [5.74, 6) is 0.590. The van der Waals surface area contributed by atoms with Crippen molar-refractivity contribution < 1.29 is 9.59 Å². The van der Waals surface area contributed by atoms with E-state index in [-0.39, 0.29) is 17.6 Å². The number of thiazole rings is 1. The molecule has 2 atom stereocenters. The summed E-state index contributed by atoms with van der Waals surface area (Å²) in [4.78, 5) is 34.9. The second kappa shape index (κ2) is 10.1. The zero-order chi connectivity index (χ0) is 22.6. The van der Waals surface area contributed by atoms with Crippen LogP contribution in [0.1, 0.15) is 45.7 Å². The second-order valence-corrected chi connectivity index (χ2v) is 10.5. The maximum atomic E-state index is 13.3. The van der Waals surface area contributed by atoms with Crippen molar-refractivity contribution in [2.75, 3.05) is 19.6 Å². The summed E-state index contributed by atoms with van der Waals surface area (Å²) in [5.41, 5.74) is 3.56. The molecule has 170 valence electrons. The first-order valence-electron chi connectivity index (χ1n) is 11.4. The zero-order valence-electron chi connectivity index (χ0n) is 18.3. The van der Waals surface area contributed by atoms with Gasteiger partial charge in [0.2, 0.25) is 0 Å². The highest BCUT2D eigenvalue weighted by atomic mass is 32.1. The molecular formula is C25H26N4O2S2. The minimum absolute atomic E-state index is 0.00544. The molecule has 0 spiro atoms. The van der Waals surface area contributed by atoms with E-state index >= 15 is 0 Å². The number of unbranched alkanes of at least 4 members (excludes halogenated alkanes) is 1. The van der Waals surface area contributed by atoms with Gasteiger partial charge in [-0.05, 0) is 67.4 Å². The van der Waals surface area contributed by atoms with E-state index in [1.165, 1.54) is 11.3 Å². The number of carbonyl (C=O) groups is 2. The molecule has 0 radical (unpaired) electrons. The van der Waals surface area contributed by atoms with Crippen LogP contribution in [-0.4, -0.2) is 41.3 Å². The number of aromatic nitrogens is 2. The van der Waals surface area contributed by atoms with Crippen LogP contribution in [-0.2, 0) is 0 Å². The van der Waals surface area contributed by atoms with E-state index in [1.807, 2.05) is 35.8 Å². The van der Waals surface area contributed by atoms with Crippen molar-refractivity contribution in [2.24, 2.45) is 11.8 Å². The van der Waals surface area contributed by atoms with E-state index in [0.29, 0.717) is 12.5 Å². The summed E-state index contributed by atoms with van der Waals surface area (Å²) in [6.07, 6.45) is 7.47. The van der Waals surface area contributed by atoms with Gasteiger partial charge in [0.05, 0.1) is 25.3 Å². The van der Waals surface area contributed by atoms with Gasteiger partial charge in [-0.2, -0.15) is 0 Å². The highest BCUT2D eigenvalue weighted by Crippen LogP contribution is 2.29. The quantitative estimate of drug-likeness (QED) is 0.278. The van der Waals surface area contributed by atoms with Gasteiger partial charge in [0.15, 0.2) is 5.78 Å². The number of hydrogen-bond donors (Lipinski definition) is 2. The predicted octanol–water partition coefficient (Wildman–Crippen LogP) is 4.91. The number of carbonyl (C=O) groups excluding carboxylic acids is 2. The maximum Gasteiger partial charge on any atom is 0.261 e. The summed E-state index contributed by atoms with van der Waals surface area (Å²) in [7, 11) is 0. The Balaban J connectivity index is 1.12. The van der Waals surface area contributed by atoms with Crippen LogP contribution in [0.4, 0.5) is 0 Å². The Kier molecular flexibility index (Phi) is 6.75. The number of thiophene rings is 1. The summed E-state index contributed by atoms with van der Waals surface area (Å²) >= 11 is 3.04. The molecule has 0 aliphatic carbocycles. The predicted molar refractivity (Wildman–Crippen MR) is 134 cm³/mol. The summed E-state index contributed by atoms with van der Waals surface area (Å²) in [6.45, 7) is 2.35. The van der Waals surface area contributed by atoms with Crippen molar-refractivity contribution in [1.29, 1.82) is 0 Å². The molecule has 1 amide bonds. The smallest absolute Gasteiger partial charge is 0.261 e. The Morgan fingerprint density at radius 3 is 3.00 bits per heavy atom. The van der Waals surface area contributed by atoms with E-state index < -0.39 is 0 Å². The molecule has 8 heteroatoms. The number of amides is 1. The normalized spacial score (nSPS) is 18.5. The Morgan fingerprint density at radius 2 is 2.09 bits per heavy atom. The van der Waals surface area contributed by atoms with E-state index in [2.05, 4.69) is 20.6 Å². The monoisotopic (exact) mass is 478 g/mol. The lowest BCUT2D eigenvalue weighted by Crippen LogP contribution is -2.41. The van der Waals surface area contributed by atoms with Gasteiger partial charge in [-0.15, -0.1) is 22.7 Å². The van der Waals surface area contributed by atoms with Crippen molar-refractivity contribution in [3.8, 4) is 0 Å². The van der Waals surface area contributed by atoms with E-state index in [1.54, 1.807) is 23.7 Å². The Labute approximate surface area is 200 Å². The van der Waals surface area contributed by atoms with Crippen molar-refractivity contribution >= 4 is 54.7 Å². The number of fused-ring (bicyclic) bond motifs is 2. The third-order valence-electron chi connectivity index (χ3n) is 6.41. The molecular weight excluding hydrogens is 452 g/mol. The van der Waals surface area contributed by atoms with Gasteiger partial charge in [-0.25, -0.2) is 4.98 Å². The molecule has 3 aromatic heterocycles. The molecule has 4 aromatic rings. The number of rotatable bonds is 8. The van der Waals surface area contributed by atoms with Gasteiger partial charge in [0.1, 0.15) is 0 Å².